The summed E-state index contributed by atoms with van der Waals surface area (Å²) < 4.78 is 0. The van der Waals surface area contributed by atoms with Gasteiger partial charge in [-0.3, -0.25) is 4.79 Å². The first-order valence-corrected chi connectivity index (χ1v) is 8.12. The summed E-state index contributed by atoms with van der Waals surface area (Å²) in [4.78, 5) is 23.0. The lowest BCUT2D eigenvalue weighted by atomic mass is 10.2. The quantitative estimate of drug-likeness (QED) is 0.753. The van der Waals surface area contributed by atoms with Gasteiger partial charge < -0.3 is 10.2 Å². The van der Waals surface area contributed by atoms with E-state index < -0.39 is 0 Å². The lowest BCUT2D eigenvalue weighted by Crippen LogP contribution is -2.18. The van der Waals surface area contributed by atoms with Crippen molar-refractivity contribution in [2.24, 2.45) is 0 Å². The highest BCUT2D eigenvalue weighted by Gasteiger charge is 2.13. The van der Waals surface area contributed by atoms with E-state index in [0.29, 0.717) is 16.7 Å². The predicted molar refractivity (Wildman–Crippen MR) is 101 cm³/mol. The Bertz CT molecular complexity index is 899. The molecular weight excluding hydrogens is 336 g/mol. The maximum Gasteiger partial charge on any atom is 0.274 e. The van der Waals surface area contributed by atoms with Crippen molar-refractivity contribution < 1.29 is 4.79 Å². The molecule has 0 atom stereocenters. The summed E-state index contributed by atoms with van der Waals surface area (Å²) in [5, 5.41) is 3.40. The summed E-state index contributed by atoms with van der Waals surface area (Å²) in [7, 11) is 1.85. The van der Waals surface area contributed by atoms with Crippen molar-refractivity contribution in [3.8, 4) is 0 Å². The highest BCUT2D eigenvalue weighted by Crippen LogP contribution is 2.22. The third kappa shape index (κ3) is 3.95. The predicted octanol–water partition coefficient (Wildman–Crippen LogP) is 4.46. The van der Waals surface area contributed by atoms with Crippen molar-refractivity contribution in [2.75, 3.05) is 17.3 Å². The molecule has 0 saturated carbocycles. The lowest BCUT2D eigenvalue weighted by Gasteiger charge is -2.17. The third-order valence-corrected chi connectivity index (χ3v) is 4.00. The number of amides is 1. The van der Waals surface area contributed by atoms with Gasteiger partial charge in [-0.2, -0.15) is 0 Å². The number of carbonyl (C=O) groups excluding carboxylic acids is 1. The van der Waals surface area contributed by atoms with Gasteiger partial charge in [0.2, 0.25) is 5.95 Å². The molecule has 126 valence electrons. The molecule has 3 rings (SSSR count). The number of nitrogens with one attached hydrogen (secondary N) is 1. The molecule has 25 heavy (non-hydrogen) atoms. The molecule has 0 radical (unpaired) electrons. The molecule has 1 N–H and O–H groups in total. The number of aromatic nitrogens is 2. The molecule has 0 saturated heterocycles. The molecule has 3 aromatic rings. The molecule has 0 aliphatic carbocycles. The van der Waals surface area contributed by atoms with Crippen molar-refractivity contribution >= 4 is 34.8 Å². The fourth-order valence-corrected chi connectivity index (χ4v) is 2.49. The number of hydrogen-bond acceptors (Lipinski definition) is 4. The van der Waals surface area contributed by atoms with Gasteiger partial charge in [0.25, 0.3) is 5.91 Å². The monoisotopic (exact) mass is 352 g/mol. The Hall–Kier alpha value is -2.92. The van der Waals surface area contributed by atoms with Crippen LogP contribution in [-0.2, 0) is 0 Å². The zero-order valence-electron chi connectivity index (χ0n) is 13.9. The van der Waals surface area contributed by atoms with E-state index in [1.165, 1.54) is 0 Å². The second kappa shape index (κ2) is 7.32. The number of hydrogen-bond donors (Lipinski definition) is 1. The van der Waals surface area contributed by atoms with Crippen LogP contribution < -0.4 is 10.2 Å². The van der Waals surface area contributed by atoms with Crippen LogP contribution in [0.3, 0.4) is 0 Å². The Balaban J connectivity index is 1.83. The largest absolute Gasteiger partial charge is 0.320 e. The molecule has 0 fully saturated rings. The van der Waals surface area contributed by atoms with E-state index in [2.05, 4.69) is 15.3 Å². The molecule has 6 heteroatoms. The fourth-order valence-electron chi connectivity index (χ4n) is 2.32. The van der Waals surface area contributed by atoms with Gasteiger partial charge in [0.1, 0.15) is 5.69 Å². The Kier molecular flexibility index (Phi) is 4.95. The molecule has 5 nitrogen and oxygen atoms in total. The summed E-state index contributed by atoms with van der Waals surface area (Å²) in [6.45, 7) is 1.90. The van der Waals surface area contributed by atoms with Gasteiger partial charge in [0.05, 0.1) is 0 Å². The second-order valence-electron chi connectivity index (χ2n) is 5.55. The zero-order chi connectivity index (χ0) is 17.8. The number of anilines is 3. The van der Waals surface area contributed by atoms with E-state index in [1.807, 2.05) is 55.3 Å². The molecule has 0 aliphatic rings. The highest BCUT2D eigenvalue weighted by molar-refractivity contribution is 6.31. The van der Waals surface area contributed by atoms with Gasteiger partial charge in [-0.1, -0.05) is 35.9 Å². The van der Waals surface area contributed by atoms with Gasteiger partial charge >= 0.3 is 0 Å². The Morgan fingerprint density at radius 1 is 1.12 bits per heavy atom. The maximum atomic E-state index is 12.5. The van der Waals surface area contributed by atoms with Crippen LogP contribution >= 0.6 is 11.6 Å². The summed E-state index contributed by atoms with van der Waals surface area (Å²) in [6, 6.07) is 16.6. The Labute approximate surface area is 151 Å². The normalized spacial score (nSPS) is 10.4. The molecule has 0 spiro atoms. The van der Waals surface area contributed by atoms with E-state index in [4.69, 9.17) is 11.6 Å². The third-order valence-electron chi connectivity index (χ3n) is 3.77. The summed E-state index contributed by atoms with van der Waals surface area (Å²) in [5.74, 6) is 0.136. The van der Waals surface area contributed by atoms with Crippen LogP contribution in [0, 0.1) is 6.92 Å². The van der Waals surface area contributed by atoms with E-state index >= 15 is 0 Å². The van der Waals surface area contributed by atoms with Crippen LogP contribution in [0.2, 0.25) is 5.02 Å². The van der Waals surface area contributed by atoms with Crippen molar-refractivity contribution in [3.63, 3.8) is 0 Å². The SMILES string of the molecule is Cc1ccc(Cl)cc1NC(=O)c1ccnc(N(C)c2ccccc2)n1. The van der Waals surface area contributed by atoms with Crippen LogP contribution in [0.25, 0.3) is 0 Å². The number of aryl methyl sites for hydroxylation is 1. The van der Waals surface area contributed by atoms with Gasteiger partial charge in [0, 0.05) is 29.6 Å². The molecule has 0 aliphatic heterocycles. The number of carbonyl (C=O) groups is 1. The number of halogens is 1. The minimum absolute atomic E-state index is 0.284. The number of benzene rings is 2. The standard InChI is InChI=1S/C19H17ClN4O/c1-13-8-9-14(20)12-17(13)22-18(25)16-10-11-21-19(23-16)24(2)15-6-4-3-5-7-15/h3-12H,1-2H3,(H,22,25). The highest BCUT2D eigenvalue weighted by atomic mass is 35.5. The zero-order valence-corrected chi connectivity index (χ0v) is 14.7. The van der Waals surface area contributed by atoms with Gasteiger partial charge in [-0.15, -0.1) is 0 Å². The number of para-hydroxylation sites is 1. The molecule has 2 aromatic carbocycles. The second-order valence-corrected chi connectivity index (χ2v) is 5.99. The van der Waals surface area contributed by atoms with Crippen LogP contribution in [0.4, 0.5) is 17.3 Å². The van der Waals surface area contributed by atoms with Crippen molar-refractivity contribution in [2.45, 2.75) is 6.92 Å². The molecule has 1 amide bonds. The first kappa shape index (κ1) is 16.9. The van der Waals surface area contributed by atoms with E-state index in [9.17, 15) is 4.79 Å². The summed E-state index contributed by atoms with van der Waals surface area (Å²) in [6.07, 6.45) is 1.57. The first-order chi connectivity index (χ1) is 12.0. The molecular formula is C19H17ClN4O. The average molecular weight is 353 g/mol. The topological polar surface area (TPSA) is 58.1 Å². The number of nitrogens with zero attached hydrogens (tertiary/aromatic N) is 3. The van der Waals surface area contributed by atoms with E-state index in [-0.39, 0.29) is 11.6 Å². The van der Waals surface area contributed by atoms with Crippen LogP contribution in [-0.4, -0.2) is 22.9 Å². The van der Waals surface area contributed by atoms with E-state index in [0.717, 1.165) is 11.3 Å². The van der Waals surface area contributed by atoms with Crippen LogP contribution in [0.1, 0.15) is 16.1 Å². The Morgan fingerprint density at radius 3 is 2.64 bits per heavy atom. The molecule has 0 unspecified atom stereocenters. The van der Waals surface area contributed by atoms with Gasteiger partial charge in [0.15, 0.2) is 0 Å². The lowest BCUT2D eigenvalue weighted by molar-refractivity contribution is 0.102. The molecule has 1 heterocycles. The average Bonchev–Trinajstić information content (AvgIpc) is 2.65. The van der Waals surface area contributed by atoms with E-state index in [1.54, 1.807) is 24.4 Å². The van der Waals surface area contributed by atoms with Gasteiger partial charge in [-0.25, -0.2) is 9.97 Å². The van der Waals surface area contributed by atoms with Crippen molar-refractivity contribution in [1.82, 2.24) is 9.97 Å². The smallest absolute Gasteiger partial charge is 0.274 e. The van der Waals surface area contributed by atoms with Crippen molar-refractivity contribution in [1.29, 1.82) is 0 Å². The Morgan fingerprint density at radius 2 is 1.88 bits per heavy atom. The van der Waals surface area contributed by atoms with Crippen LogP contribution in [0.15, 0.2) is 60.8 Å². The molecule has 0 bridgehead atoms. The fraction of sp³-hybridized carbons (Fsp3) is 0.105. The van der Waals surface area contributed by atoms with Gasteiger partial charge in [-0.05, 0) is 42.8 Å². The minimum atomic E-state index is -0.310. The minimum Gasteiger partial charge on any atom is -0.320 e. The summed E-state index contributed by atoms with van der Waals surface area (Å²) in [5.41, 5.74) is 2.81. The number of rotatable bonds is 4. The maximum absolute atomic E-state index is 12.5. The van der Waals surface area contributed by atoms with Crippen molar-refractivity contribution in [3.05, 3.63) is 77.1 Å². The van der Waals surface area contributed by atoms with Crippen LogP contribution in [0.5, 0.6) is 0 Å². The molecule has 1 aromatic heterocycles. The summed E-state index contributed by atoms with van der Waals surface area (Å²) >= 11 is 6.00. The first-order valence-electron chi connectivity index (χ1n) is 7.74.